The molecule has 0 heterocycles. The van der Waals surface area contributed by atoms with Gasteiger partial charge in [-0.2, -0.15) is 0 Å². The lowest BCUT2D eigenvalue weighted by Crippen LogP contribution is -1.33. The van der Waals surface area contributed by atoms with E-state index in [9.17, 15) is 0 Å². The van der Waals surface area contributed by atoms with E-state index in [0.717, 1.165) is 0 Å². The van der Waals surface area contributed by atoms with Gasteiger partial charge in [-0.05, 0) is 12.5 Å². The third-order valence-electron chi connectivity index (χ3n) is 0.329. The molecular formula is C7H11Cl. The van der Waals surface area contributed by atoms with Crippen LogP contribution in [0.4, 0.5) is 0 Å². The van der Waals surface area contributed by atoms with Gasteiger partial charge in [0.15, 0.2) is 0 Å². The molecule has 8 heavy (non-hydrogen) atoms. The number of halogens is 1. The standard InChI is InChI=1S/C5H8.C2H3Cl/c1-3-5-4-2;1-2-3/h3-5H,1H2,2H3;2H,1H2. The van der Waals surface area contributed by atoms with Gasteiger partial charge in [0, 0.05) is 0 Å². The Labute approximate surface area is 56.2 Å². The minimum atomic E-state index is 1.22. The van der Waals surface area contributed by atoms with Crippen LogP contribution >= 0.6 is 11.6 Å². The zero-order valence-corrected chi connectivity index (χ0v) is 5.86. The predicted molar refractivity (Wildman–Crippen MR) is 41.1 cm³/mol. The maximum Gasteiger partial charge on any atom is -0.00296 e. The number of allylic oxidation sites excluding steroid dienone is 3. The van der Waals surface area contributed by atoms with Gasteiger partial charge in [-0.15, -0.1) is 0 Å². The largest absolute Gasteiger partial charge is 0.0991 e. The van der Waals surface area contributed by atoms with Crippen LogP contribution in [0.2, 0.25) is 0 Å². The second-order valence-corrected chi connectivity index (χ2v) is 1.22. The number of hydrogen-bond donors (Lipinski definition) is 0. The minimum absolute atomic E-state index is 1.22. The van der Waals surface area contributed by atoms with Crippen LogP contribution in [-0.2, 0) is 0 Å². The Hall–Kier alpha value is -0.490. The summed E-state index contributed by atoms with van der Waals surface area (Å²) in [4.78, 5) is 0. The van der Waals surface area contributed by atoms with Crippen LogP contribution in [0.1, 0.15) is 6.92 Å². The highest BCUT2D eigenvalue weighted by atomic mass is 35.5. The first-order valence-electron chi connectivity index (χ1n) is 2.28. The second kappa shape index (κ2) is 16.0. The van der Waals surface area contributed by atoms with E-state index in [0.29, 0.717) is 0 Å². The Bertz CT molecular complexity index is 72.5. The Morgan fingerprint density at radius 1 is 1.38 bits per heavy atom. The molecule has 0 aromatic rings. The van der Waals surface area contributed by atoms with E-state index < -0.39 is 0 Å². The van der Waals surface area contributed by atoms with Gasteiger partial charge >= 0.3 is 0 Å². The molecule has 0 aliphatic rings. The fraction of sp³-hybridized carbons (Fsp3) is 0.143. The van der Waals surface area contributed by atoms with Crippen molar-refractivity contribution in [2.75, 3.05) is 0 Å². The third kappa shape index (κ3) is 49.2. The number of rotatable bonds is 1. The van der Waals surface area contributed by atoms with Crippen molar-refractivity contribution in [2.45, 2.75) is 6.92 Å². The molecule has 0 spiro atoms. The number of hydrogen-bond acceptors (Lipinski definition) is 0. The summed E-state index contributed by atoms with van der Waals surface area (Å²) < 4.78 is 0. The van der Waals surface area contributed by atoms with Gasteiger partial charge in [0.1, 0.15) is 0 Å². The molecule has 0 N–H and O–H groups in total. The van der Waals surface area contributed by atoms with Crippen molar-refractivity contribution in [3.63, 3.8) is 0 Å². The van der Waals surface area contributed by atoms with Gasteiger partial charge in [-0.3, -0.25) is 0 Å². The van der Waals surface area contributed by atoms with E-state index in [4.69, 9.17) is 11.6 Å². The molecule has 0 nitrogen and oxygen atoms in total. The van der Waals surface area contributed by atoms with Crippen LogP contribution in [-0.4, -0.2) is 0 Å². The fourth-order valence-electron chi connectivity index (χ4n) is 0.136. The SMILES string of the molecule is C=CC=CC.C=CCl. The molecule has 0 saturated heterocycles. The van der Waals surface area contributed by atoms with Crippen molar-refractivity contribution in [2.24, 2.45) is 0 Å². The Kier molecular flexibility index (Phi) is 21.0. The maximum atomic E-state index is 4.76. The highest BCUT2D eigenvalue weighted by Gasteiger charge is 1.42. The predicted octanol–water partition coefficient (Wildman–Crippen LogP) is 3.12. The Morgan fingerprint density at radius 2 is 1.75 bits per heavy atom. The summed E-state index contributed by atoms with van der Waals surface area (Å²) in [7, 11) is 0. The molecule has 0 aliphatic heterocycles. The van der Waals surface area contributed by atoms with Gasteiger partial charge in [-0.1, -0.05) is 43.0 Å². The van der Waals surface area contributed by atoms with Gasteiger partial charge in [0.25, 0.3) is 0 Å². The van der Waals surface area contributed by atoms with Gasteiger partial charge in [0.05, 0.1) is 0 Å². The van der Waals surface area contributed by atoms with E-state index in [1.165, 1.54) is 5.54 Å². The average Bonchev–Trinajstić information content (AvgIpc) is 1.71. The van der Waals surface area contributed by atoms with Crippen LogP contribution < -0.4 is 0 Å². The lowest BCUT2D eigenvalue weighted by molar-refractivity contribution is 1.74. The monoisotopic (exact) mass is 130 g/mol. The molecular weight excluding hydrogens is 120 g/mol. The second-order valence-electron chi connectivity index (χ2n) is 0.916. The van der Waals surface area contributed by atoms with E-state index in [-0.39, 0.29) is 0 Å². The molecule has 0 rings (SSSR count). The highest BCUT2D eigenvalue weighted by molar-refractivity contribution is 6.25. The van der Waals surface area contributed by atoms with E-state index in [1.54, 1.807) is 6.08 Å². The minimum Gasteiger partial charge on any atom is -0.0991 e. The molecule has 0 aromatic carbocycles. The van der Waals surface area contributed by atoms with Crippen LogP contribution in [0.25, 0.3) is 0 Å². The summed E-state index contributed by atoms with van der Waals surface area (Å²) in [6.07, 6.45) is 5.58. The molecule has 0 saturated carbocycles. The van der Waals surface area contributed by atoms with Crippen molar-refractivity contribution in [1.82, 2.24) is 0 Å². The lowest BCUT2D eigenvalue weighted by atomic mass is 10.5. The van der Waals surface area contributed by atoms with Crippen molar-refractivity contribution in [3.8, 4) is 0 Å². The summed E-state index contributed by atoms with van der Waals surface area (Å²) in [6, 6.07) is 0. The molecule has 0 unspecified atom stereocenters. The molecule has 0 aliphatic carbocycles. The van der Waals surface area contributed by atoms with Crippen LogP contribution in [0.5, 0.6) is 0 Å². The Balaban J connectivity index is 0. The molecule has 0 atom stereocenters. The Morgan fingerprint density at radius 3 is 1.75 bits per heavy atom. The summed E-state index contributed by atoms with van der Waals surface area (Å²) >= 11 is 4.76. The normalized spacial score (nSPS) is 7.25. The molecule has 0 amide bonds. The summed E-state index contributed by atoms with van der Waals surface area (Å²) in [5.74, 6) is 0. The third-order valence-corrected chi connectivity index (χ3v) is 0.329. The maximum absolute atomic E-state index is 4.76. The zero-order valence-electron chi connectivity index (χ0n) is 5.10. The molecule has 0 aromatic heterocycles. The van der Waals surface area contributed by atoms with Crippen molar-refractivity contribution < 1.29 is 0 Å². The molecule has 1 heteroatoms. The van der Waals surface area contributed by atoms with Gasteiger partial charge in [-0.25, -0.2) is 0 Å². The average molecular weight is 131 g/mol. The van der Waals surface area contributed by atoms with Crippen molar-refractivity contribution >= 4 is 11.6 Å². The molecule has 0 radical (unpaired) electrons. The fourth-order valence-corrected chi connectivity index (χ4v) is 0.136. The first kappa shape index (κ1) is 10.5. The van der Waals surface area contributed by atoms with Crippen molar-refractivity contribution in [1.29, 1.82) is 0 Å². The van der Waals surface area contributed by atoms with E-state index >= 15 is 0 Å². The van der Waals surface area contributed by atoms with Crippen LogP contribution in [0.3, 0.4) is 0 Å². The molecule has 0 bridgehead atoms. The van der Waals surface area contributed by atoms with Crippen LogP contribution in [0.15, 0.2) is 36.9 Å². The smallest absolute Gasteiger partial charge is 0.00296 e. The highest BCUT2D eigenvalue weighted by Crippen LogP contribution is 1.64. The topological polar surface area (TPSA) is 0 Å². The van der Waals surface area contributed by atoms with E-state index in [2.05, 4.69) is 13.2 Å². The van der Waals surface area contributed by atoms with Gasteiger partial charge in [0.2, 0.25) is 0 Å². The van der Waals surface area contributed by atoms with Crippen molar-refractivity contribution in [3.05, 3.63) is 36.9 Å². The first-order chi connectivity index (χ1) is 3.83. The van der Waals surface area contributed by atoms with Crippen LogP contribution in [0, 0.1) is 0 Å². The zero-order chi connectivity index (χ0) is 6.83. The summed E-state index contributed by atoms with van der Waals surface area (Å²) in [5, 5.41) is 0. The van der Waals surface area contributed by atoms with Gasteiger partial charge < -0.3 is 0 Å². The summed E-state index contributed by atoms with van der Waals surface area (Å²) in [5.41, 5.74) is 1.22. The first-order valence-corrected chi connectivity index (χ1v) is 2.72. The molecule has 46 valence electrons. The summed E-state index contributed by atoms with van der Waals surface area (Å²) in [6.45, 7) is 8.55. The quantitative estimate of drug-likeness (QED) is 0.479. The van der Waals surface area contributed by atoms with E-state index in [1.807, 2.05) is 19.1 Å². The lowest BCUT2D eigenvalue weighted by Gasteiger charge is -1.56. The molecule has 0 fully saturated rings.